The normalized spacial score (nSPS) is 15.2. The van der Waals surface area contributed by atoms with Gasteiger partial charge in [0.2, 0.25) is 20.0 Å². The zero-order valence-corrected chi connectivity index (χ0v) is 15.3. The third kappa shape index (κ3) is 7.90. The van der Waals surface area contributed by atoms with Gasteiger partial charge in [-0.2, -0.15) is 26.3 Å². The Balaban J connectivity index is 4.77. The Morgan fingerprint density at radius 2 is 0.769 bits per heavy atom. The van der Waals surface area contributed by atoms with Gasteiger partial charge in [0.25, 0.3) is 0 Å². The fourth-order valence-corrected chi connectivity index (χ4v) is 6.36. The lowest BCUT2D eigenvalue weighted by Gasteiger charge is -2.11. The van der Waals surface area contributed by atoms with Gasteiger partial charge in [-0.25, -0.2) is 33.7 Å². The number of nitrogens with one attached hydrogen (secondary N) is 2. The molecule has 20 heteroatoms. The van der Waals surface area contributed by atoms with Crippen LogP contribution in [0.3, 0.4) is 0 Å². The number of alkyl halides is 6. The van der Waals surface area contributed by atoms with Crippen LogP contribution in [0.25, 0.3) is 0 Å². The molecule has 0 aromatic rings. The van der Waals surface area contributed by atoms with Crippen LogP contribution in [0.4, 0.5) is 26.3 Å². The van der Waals surface area contributed by atoms with Gasteiger partial charge >= 0.3 is 31.1 Å². The largest absolute Gasteiger partial charge is 0.512 e. The first-order valence-corrected chi connectivity index (χ1v) is 12.0. The lowest BCUT2D eigenvalue weighted by molar-refractivity contribution is -0.0447. The molecule has 0 rings (SSSR count). The lowest BCUT2D eigenvalue weighted by Crippen LogP contribution is -2.42. The van der Waals surface area contributed by atoms with Crippen LogP contribution in [0.1, 0.15) is 12.8 Å². The first-order chi connectivity index (χ1) is 11.1. The van der Waals surface area contributed by atoms with Crippen LogP contribution < -0.4 is 8.25 Å². The SMILES string of the molecule is O=S(=O)(CCCCS(=O)(=O)NS(=O)(=O)C(F)(F)F)NS(=O)(=O)C(F)(F)F. The Morgan fingerprint density at radius 3 is 0.962 bits per heavy atom. The second-order valence-corrected chi connectivity index (χ2v) is 12.0. The van der Waals surface area contributed by atoms with Crippen LogP contribution in [-0.2, 0) is 40.1 Å². The van der Waals surface area contributed by atoms with E-state index in [4.69, 9.17) is 0 Å². The van der Waals surface area contributed by atoms with Crippen LogP contribution in [0.15, 0.2) is 0 Å². The zero-order chi connectivity index (χ0) is 21.2. The van der Waals surface area contributed by atoms with Gasteiger partial charge in [-0.15, -0.1) is 8.25 Å². The van der Waals surface area contributed by atoms with E-state index in [9.17, 15) is 60.0 Å². The van der Waals surface area contributed by atoms with Gasteiger partial charge in [-0.05, 0) is 12.8 Å². The Morgan fingerprint density at radius 1 is 0.538 bits per heavy atom. The van der Waals surface area contributed by atoms with Gasteiger partial charge < -0.3 is 0 Å². The first kappa shape index (κ1) is 25.3. The van der Waals surface area contributed by atoms with Crippen molar-refractivity contribution in [2.24, 2.45) is 0 Å². The third-order valence-electron chi connectivity index (χ3n) is 2.16. The highest BCUT2D eigenvalue weighted by Crippen LogP contribution is 2.23. The molecule has 2 N–H and O–H groups in total. The molecule has 0 saturated heterocycles. The van der Waals surface area contributed by atoms with Crippen molar-refractivity contribution < 1.29 is 60.0 Å². The highest BCUT2D eigenvalue weighted by atomic mass is 32.3. The third-order valence-corrected chi connectivity index (χ3v) is 8.82. The van der Waals surface area contributed by atoms with Gasteiger partial charge in [0, 0.05) is 0 Å². The molecule has 0 aromatic heterocycles. The maximum atomic E-state index is 12.0. The molecule has 0 bridgehead atoms. The second kappa shape index (κ2) is 7.73. The summed E-state index contributed by atoms with van der Waals surface area (Å²) in [5.41, 5.74) is -11.9. The molecule has 0 spiro atoms. The van der Waals surface area contributed by atoms with E-state index in [1.165, 1.54) is 0 Å². The smallest absolute Gasteiger partial charge is 0.211 e. The number of halogens is 6. The molecule has 0 aliphatic heterocycles. The van der Waals surface area contributed by atoms with Crippen molar-refractivity contribution in [2.45, 2.75) is 23.9 Å². The van der Waals surface area contributed by atoms with E-state index in [1.54, 1.807) is 0 Å². The molecule has 0 radical (unpaired) electrons. The molecule has 10 nitrogen and oxygen atoms in total. The Bertz CT molecular complexity index is 837. The van der Waals surface area contributed by atoms with Crippen LogP contribution in [0, 0.1) is 0 Å². The number of rotatable bonds is 9. The van der Waals surface area contributed by atoms with Crippen LogP contribution in [-0.4, -0.2) is 56.2 Å². The number of unbranched alkanes of at least 4 members (excludes halogenated alkanes) is 1. The number of sulfonamides is 4. The average Bonchev–Trinajstić information content (AvgIpc) is 2.29. The van der Waals surface area contributed by atoms with Gasteiger partial charge in [-0.3, -0.25) is 0 Å². The summed E-state index contributed by atoms with van der Waals surface area (Å²) in [6.45, 7) is 0. The minimum Gasteiger partial charge on any atom is -0.211 e. The number of hydrogen-bond donors (Lipinski definition) is 2. The minimum atomic E-state index is -6.23. The van der Waals surface area contributed by atoms with Crippen molar-refractivity contribution in [1.29, 1.82) is 0 Å². The molecule has 0 atom stereocenters. The minimum absolute atomic E-state index is 0.338. The fourth-order valence-electron chi connectivity index (χ4n) is 1.10. The fraction of sp³-hybridized carbons (Fsp3) is 1.00. The van der Waals surface area contributed by atoms with Crippen molar-refractivity contribution in [3.63, 3.8) is 0 Å². The molecule has 26 heavy (non-hydrogen) atoms. The Kier molecular flexibility index (Phi) is 7.53. The van der Waals surface area contributed by atoms with Crippen molar-refractivity contribution in [2.75, 3.05) is 11.5 Å². The van der Waals surface area contributed by atoms with Gasteiger partial charge in [0.1, 0.15) is 0 Å². The maximum absolute atomic E-state index is 12.0. The molecule has 0 amide bonds. The van der Waals surface area contributed by atoms with Crippen molar-refractivity contribution in [3.8, 4) is 0 Å². The summed E-state index contributed by atoms with van der Waals surface area (Å²) in [5.74, 6) is -2.66. The van der Waals surface area contributed by atoms with Crippen molar-refractivity contribution in [1.82, 2.24) is 8.25 Å². The van der Waals surface area contributed by atoms with Gasteiger partial charge in [0.15, 0.2) is 0 Å². The van der Waals surface area contributed by atoms with E-state index in [1.807, 2.05) is 0 Å². The predicted molar refractivity (Wildman–Crippen MR) is 73.0 cm³/mol. The monoisotopic (exact) mass is 480 g/mol. The quantitative estimate of drug-likeness (QED) is 0.324. The van der Waals surface area contributed by atoms with E-state index in [0.717, 1.165) is 0 Å². The summed E-state index contributed by atoms with van der Waals surface area (Å²) < 4.78 is 160. The number of hydrogen-bond acceptors (Lipinski definition) is 8. The molecule has 0 aromatic carbocycles. The zero-order valence-electron chi connectivity index (χ0n) is 12.0. The highest BCUT2D eigenvalue weighted by Gasteiger charge is 2.49. The van der Waals surface area contributed by atoms with E-state index in [2.05, 4.69) is 0 Å². The lowest BCUT2D eigenvalue weighted by atomic mass is 10.4. The topological polar surface area (TPSA) is 161 Å². The summed E-state index contributed by atoms with van der Waals surface area (Å²) in [7, 11) is -22.6. The summed E-state index contributed by atoms with van der Waals surface area (Å²) in [6, 6.07) is 0. The van der Waals surface area contributed by atoms with Crippen LogP contribution in [0.2, 0.25) is 0 Å². The second-order valence-electron chi connectivity index (χ2n) is 4.41. The summed E-state index contributed by atoms with van der Waals surface area (Å²) in [6.07, 6.45) is -1.62. The summed E-state index contributed by atoms with van der Waals surface area (Å²) in [4.78, 5) is 0. The van der Waals surface area contributed by atoms with Gasteiger partial charge in [-0.1, -0.05) is 0 Å². The standard InChI is InChI=1S/C6H10F6N2O8S4/c7-5(8,9)25(19,20)13-23(15,16)3-1-2-4-24(17,18)14-26(21,22)6(10,11)12/h13-14H,1-4H2. The maximum Gasteiger partial charge on any atom is 0.512 e. The Labute approximate surface area is 144 Å². The molecule has 0 heterocycles. The molecular weight excluding hydrogens is 470 g/mol. The predicted octanol–water partition coefficient (Wildman–Crippen LogP) is -0.695. The van der Waals surface area contributed by atoms with E-state index in [-0.39, 0.29) is 0 Å². The first-order valence-electron chi connectivity index (χ1n) is 5.77. The Hall–Kier alpha value is -0.700. The molecule has 0 aliphatic rings. The summed E-state index contributed by atoms with van der Waals surface area (Å²) in [5, 5.41) is 0. The van der Waals surface area contributed by atoms with Crippen LogP contribution in [0.5, 0.6) is 0 Å². The molecular formula is C6H10F6N2O8S4. The molecule has 0 unspecified atom stereocenters. The van der Waals surface area contributed by atoms with Crippen molar-refractivity contribution in [3.05, 3.63) is 0 Å². The summed E-state index contributed by atoms with van der Waals surface area (Å²) >= 11 is 0. The highest BCUT2D eigenvalue weighted by molar-refractivity contribution is 8.05. The molecule has 0 aliphatic carbocycles. The van der Waals surface area contributed by atoms with Gasteiger partial charge in [0.05, 0.1) is 11.5 Å². The molecule has 158 valence electrons. The van der Waals surface area contributed by atoms with E-state index in [0.29, 0.717) is 8.25 Å². The van der Waals surface area contributed by atoms with Crippen molar-refractivity contribution >= 4 is 40.1 Å². The van der Waals surface area contributed by atoms with E-state index >= 15 is 0 Å². The molecule has 0 fully saturated rings. The average molecular weight is 480 g/mol. The van der Waals surface area contributed by atoms with Crippen LogP contribution >= 0.6 is 0 Å². The van der Waals surface area contributed by atoms with E-state index < -0.39 is 75.5 Å². The molecule has 0 saturated carbocycles.